The molecule has 48 heavy (non-hydrogen) atoms. The van der Waals surface area contributed by atoms with Crippen LogP contribution in [-0.4, -0.2) is 76.4 Å². The lowest BCUT2D eigenvalue weighted by molar-refractivity contribution is -0.0356. The van der Waals surface area contributed by atoms with Crippen LogP contribution in [0.1, 0.15) is 53.3 Å². The van der Waals surface area contributed by atoms with Crippen LogP contribution >= 0.6 is 0 Å². The molecule has 10 nitrogen and oxygen atoms in total. The molecular formula is C38H40O10. The standard InChI is InChI=1S/C38H40O10/c1-2-24-15-33(47-37(39)29-5-3-27-16-31(9-7-25(27)13-29)45-22-41-18-34-20-43-34)11-12-36(24)48-38(40)30-6-4-28-17-32(10-8-26(28)14-30)46-23-42-19-35-21-44-35/h3-10,13-14,16-17,24,33-36H,2,11-12,15,18-23H2,1H3/t24-,33-,34?,35?,36-/m0/s1. The van der Waals surface area contributed by atoms with Crippen LogP contribution in [0, 0.1) is 5.92 Å². The fraction of sp³-hybridized carbons (Fsp3) is 0.421. The maximum absolute atomic E-state index is 13.2. The molecule has 0 N–H and O–H groups in total. The van der Waals surface area contributed by atoms with E-state index in [2.05, 4.69) is 6.92 Å². The first-order chi connectivity index (χ1) is 23.5. The van der Waals surface area contributed by atoms with Crippen LogP contribution < -0.4 is 9.47 Å². The molecule has 5 atom stereocenters. The molecule has 0 amide bonds. The maximum atomic E-state index is 13.2. The second-order valence-electron chi connectivity index (χ2n) is 12.6. The Morgan fingerprint density at radius 1 is 0.667 bits per heavy atom. The lowest BCUT2D eigenvalue weighted by Crippen LogP contribution is -2.37. The summed E-state index contributed by atoms with van der Waals surface area (Å²) in [5.74, 6) is 0.773. The van der Waals surface area contributed by atoms with E-state index in [0.29, 0.717) is 55.1 Å². The van der Waals surface area contributed by atoms with Crippen LogP contribution in [0.25, 0.3) is 21.5 Å². The molecule has 0 bridgehead atoms. The van der Waals surface area contributed by atoms with Gasteiger partial charge in [-0.1, -0.05) is 31.2 Å². The topological polar surface area (TPSA) is 115 Å². The summed E-state index contributed by atoms with van der Waals surface area (Å²) >= 11 is 0. The number of esters is 2. The molecule has 2 saturated heterocycles. The van der Waals surface area contributed by atoms with Crippen LogP contribution in [0.3, 0.4) is 0 Å². The van der Waals surface area contributed by atoms with Gasteiger partial charge < -0.3 is 37.9 Å². The van der Waals surface area contributed by atoms with Gasteiger partial charge in [-0.2, -0.15) is 0 Å². The minimum absolute atomic E-state index is 0.0881. The Kier molecular flexibility index (Phi) is 10.0. The van der Waals surface area contributed by atoms with E-state index in [9.17, 15) is 9.59 Å². The molecule has 0 spiro atoms. The fourth-order valence-corrected chi connectivity index (χ4v) is 6.10. The van der Waals surface area contributed by atoms with E-state index >= 15 is 0 Å². The third-order valence-electron chi connectivity index (χ3n) is 9.05. The number of ether oxygens (including phenoxy) is 8. The molecule has 3 fully saturated rings. The highest BCUT2D eigenvalue weighted by molar-refractivity contribution is 5.96. The number of epoxide rings is 2. The van der Waals surface area contributed by atoms with Gasteiger partial charge >= 0.3 is 11.9 Å². The fourth-order valence-electron chi connectivity index (χ4n) is 6.10. The summed E-state index contributed by atoms with van der Waals surface area (Å²) in [6.07, 6.45) is 2.61. The third kappa shape index (κ3) is 8.43. The molecule has 4 aromatic rings. The predicted molar refractivity (Wildman–Crippen MR) is 176 cm³/mol. The smallest absolute Gasteiger partial charge is 0.338 e. The quantitative estimate of drug-likeness (QED) is 0.0612. The highest BCUT2D eigenvalue weighted by Gasteiger charge is 2.34. The first-order valence-corrected chi connectivity index (χ1v) is 16.6. The second kappa shape index (κ2) is 14.9. The van der Waals surface area contributed by atoms with Crippen molar-refractivity contribution in [3.05, 3.63) is 83.9 Å². The summed E-state index contributed by atoms with van der Waals surface area (Å²) in [6.45, 7) is 4.94. The van der Waals surface area contributed by atoms with Crippen molar-refractivity contribution in [2.24, 2.45) is 5.92 Å². The predicted octanol–water partition coefficient (Wildman–Crippen LogP) is 6.46. The Morgan fingerprint density at radius 2 is 1.17 bits per heavy atom. The van der Waals surface area contributed by atoms with Crippen molar-refractivity contribution in [1.29, 1.82) is 0 Å². The zero-order valence-electron chi connectivity index (χ0n) is 27.0. The number of fused-ring (bicyclic) bond motifs is 2. The van der Waals surface area contributed by atoms with Crippen LogP contribution in [0.15, 0.2) is 72.8 Å². The van der Waals surface area contributed by atoms with E-state index in [-0.39, 0.29) is 55.9 Å². The Balaban J connectivity index is 0.895. The summed E-state index contributed by atoms with van der Waals surface area (Å²) in [5.41, 5.74) is 0.997. The molecule has 2 unspecified atom stereocenters. The summed E-state index contributed by atoms with van der Waals surface area (Å²) in [7, 11) is 0. The number of rotatable bonds is 15. The second-order valence-corrected chi connectivity index (χ2v) is 12.6. The van der Waals surface area contributed by atoms with Crippen LogP contribution in [-0.2, 0) is 28.4 Å². The monoisotopic (exact) mass is 656 g/mol. The van der Waals surface area contributed by atoms with E-state index in [4.69, 9.17) is 37.9 Å². The number of hydrogen-bond acceptors (Lipinski definition) is 10. The lowest BCUT2D eigenvalue weighted by Gasteiger charge is -2.35. The highest BCUT2D eigenvalue weighted by atomic mass is 16.7. The van der Waals surface area contributed by atoms with Crippen molar-refractivity contribution >= 4 is 33.5 Å². The Morgan fingerprint density at radius 3 is 1.69 bits per heavy atom. The van der Waals surface area contributed by atoms with Crippen molar-refractivity contribution in [1.82, 2.24) is 0 Å². The van der Waals surface area contributed by atoms with Crippen molar-refractivity contribution in [2.45, 2.75) is 57.0 Å². The molecule has 1 saturated carbocycles. The first-order valence-electron chi connectivity index (χ1n) is 16.6. The van der Waals surface area contributed by atoms with E-state index in [1.165, 1.54) is 0 Å². The molecule has 2 heterocycles. The third-order valence-corrected chi connectivity index (χ3v) is 9.05. The molecule has 252 valence electrons. The average Bonchev–Trinajstić information content (AvgIpc) is 4.05. The van der Waals surface area contributed by atoms with Gasteiger partial charge in [0.15, 0.2) is 13.6 Å². The van der Waals surface area contributed by atoms with Gasteiger partial charge in [-0.15, -0.1) is 0 Å². The lowest BCUT2D eigenvalue weighted by atomic mass is 9.83. The Hall–Kier alpha value is -4.22. The maximum Gasteiger partial charge on any atom is 0.338 e. The van der Waals surface area contributed by atoms with Crippen molar-refractivity contribution < 1.29 is 47.5 Å². The SMILES string of the molecule is CC[C@H]1C[C@@H](OC(=O)c2ccc3cc(OCOCC4CO4)ccc3c2)CC[C@@H]1OC(=O)c1ccc2cc(OCOCC3CO3)ccc2c1. The average molecular weight is 657 g/mol. The van der Waals surface area contributed by atoms with Crippen LogP contribution in [0.2, 0.25) is 0 Å². The van der Waals surface area contributed by atoms with Gasteiger partial charge in [0.05, 0.1) is 37.6 Å². The van der Waals surface area contributed by atoms with Gasteiger partial charge in [0.2, 0.25) is 0 Å². The molecule has 3 aliphatic rings. The molecular weight excluding hydrogens is 616 g/mol. The van der Waals surface area contributed by atoms with Gasteiger partial charge in [0.25, 0.3) is 0 Å². The van der Waals surface area contributed by atoms with Crippen molar-refractivity contribution in [3.63, 3.8) is 0 Å². The Labute approximate surface area is 279 Å². The highest BCUT2D eigenvalue weighted by Crippen LogP contribution is 2.33. The number of hydrogen-bond donors (Lipinski definition) is 0. The van der Waals surface area contributed by atoms with Gasteiger partial charge in [-0.05, 0) is 102 Å². The van der Waals surface area contributed by atoms with E-state index in [1.54, 1.807) is 12.1 Å². The zero-order chi connectivity index (χ0) is 32.9. The normalized spacial score (nSPS) is 23.1. The van der Waals surface area contributed by atoms with Gasteiger partial charge in [-0.3, -0.25) is 0 Å². The molecule has 7 rings (SSSR count). The molecule has 0 radical (unpaired) electrons. The molecule has 0 aromatic heterocycles. The summed E-state index contributed by atoms with van der Waals surface area (Å²) < 4.78 is 44.5. The summed E-state index contributed by atoms with van der Waals surface area (Å²) in [4.78, 5) is 26.3. The summed E-state index contributed by atoms with van der Waals surface area (Å²) in [6, 6.07) is 22.4. The Bertz CT molecular complexity index is 1750. The minimum Gasteiger partial charge on any atom is -0.468 e. The molecule has 1 aliphatic carbocycles. The van der Waals surface area contributed by atoms with E-state index in [0.717, 1.165) is 41.2 Å². The molecule has 4 aromatic carbocycles. The largest absolute Gasteiger partial charge is 0.468 e. The number of carbonyl (C=O) groups is 2. The van der Waals surface area contributed by atoms with E-state index in [1.807, 2.05) is 60.7 Å². The summed E-state index contributed by atoms with van der Waals surface area (Å²) in [5, 5.41) is 3.74. The van der Waals surface area contributed by atoms with E-state index < -0.39 is 0 Å². The number of carbonyl (C=O) groups excluding carboxylic acids is 2. The van der Waals surface area contributed by atoms with Gasteiger partial charge in [-0.25, -0.2) is 9.59 Å². The van der Waals surface area contributed by atoms with Crippen molar-refractivity contribution in [2.75, 3.05) is 40.0 Å². The number of benzene rings is 4. The van der Waals surface area contributed by atoms with Crippen molar-refractivity contribution in [3.8, 4) is 11.5 Å². The first kappa shape index (κ1) is 32.3. The van der Waals surface area contributed by atoms with Gasteiger partial charge in [0, 0.05) is 0 Å². The van der Waals surface area contributed by atoms with Crippen LogP contribution in [0.4, 0.5) is 0 Å². The van der Waals surface area contributed by atoms with Crippen LogP contribution in [0.5, 0.6) is 11.5 Å². The molecule has 10 heteroatoms. The zero-order valence-corrected chi connectivity index (χ0v) is 27.0. The van der Waals surface area contributed by atoms with Gasteiger partial charge in [0.1, 0.15) is 35.9 Å². The minimum atomic E-state index is -0.353. The molecule has 2 aliphatic heterocycles.